The standard InChI is InChI=1S/C10H17NO4/c1-4-8(3)15-10(13)11-6-7-14-9(12)5-2/h5,8H,2,4,6-7H2,1,3H3,(H,11,13). The van der Waals surface area contributed by atoms with Crippen LogP contribution in [-0.4, -0.2) is 31.3 Å². The van der Waals surface area contributed by atoms with E-state index in [1.807, 2.05) is 6.92 Å². The summed E-state index contributed by atoms with van der Waals surface area (Å²) in [7, 11) is 0. The van der Waals surface area contributed by atoms with Crippen LogP contribution in [0.15, 0.2) is 12.7 Å². The van der Waals surface area contributed by atoms with Crippen molar-refractivity contribution in [2.75, 3.05) is 13.2 Å². The average molecular weight is 215 g/mol. The predicted molar refractivity (Wildman–Crippen MR) is 55.4 cm³/mol. The van der Waals surface area contributed by atoms with E-state index in [0.717, 1.165) is 12.5 Å². The zero-order valence-electron chi connectivity index (χ0n) is 9.12. The molecular formula is C10H17NO4. The van der Waals surface area contributed by atoms with Crippen molar-refractivity contribution in [1.29, 1.82) is 0 Å². The van der Waals surface area contributed by atoms with Gasteiger partial charge in [0.25, 0.3) is 0 Å². The Morgan fingerprint density at radius 1 is 1.53 bits per heavy atom. The van der Waals surface area contributed by atoms with Crippen LogP contribution in [0, 0.1) is 0 Å². The molecule has 1 amide bonds. The van der Waals surface area contributed by atoms with Crippen LogP contribution >= 0.6 is 0 Å². The molecule has 86 valence electrons. The first-order valence-corrected chi connectivity index (χ1v) is 4.83. The second-order valence-corrected chi connectivity index (χ2v) is 2.92. The summed E-state index contributed by atoms with van der Waals surface area (Å²) in [6.45, 7) is 7.30. The highest BCUT2D eigenvalue weighted by Crippen LogP contribution is 1.95. The molecule has 0 fully saturated rings. The maximum absolute atomic E-state index is 11.0. The van der Waals surface area contributed by atoms with Crippen LogP contribution in [0.3, 0.4) is 0 Å². The molecule has 0 aliphatic heterocycles. The SMILES string of the molecule is C=CC(=O)OCCNC(=O)OC(C)CC. The fourth-order valence-corrected chi connectivity index (χ4v) is 0.671. The molecule has 1 N–H and O–H groups in total. The Morgan fingerprint density at radius 2 is 2.20 bits per heavy atom. The third-order valence-corrected chi connectivity index (χ3v) is 1.67. The molecule has 0 aromatic carbocycles. The Bertz CT molecular complexity index is 227. The summed E-state index contributed by atoms with van der Waals surface area (Å²) < 4.78 is 9.57. The lowest BCUT2D eigenvalue weighted by Gasteiger charge is -2.11. The topological polar surface area (TPSA) is 64.6 Å². The van der Waals surface area contributed by atoms with E-state index >= 15 is 0 Å². The van der Waals surface area contributed by atoms with E-state index in [-0.39, 0.29) is 19.3 Å². The van der Waals surface area contributed by atoms with Crippen LogP contribution in [0.2, 0.25) is 0 Å². The van der Waals surface area contributed by atoms with Gasteiger partial charge in [0, 0.05) is 6.08 Å². The number of amides is 1. The Morgan fingerprint density at radius 3 is 2.73 bits per heavy atom. The van der Waals surface area contributed by atoms with E-state index < -0.39 is 12.1 Å². The van der Waals surface area contributed by atoms with Crippen LogP contribution in [-0.2, 0) is 14.3 Å². The minimum absolute atomic E-state index is 0.110. The molecule has 5 nitrogen and oxygen atoms in total. The summed E-state index contributed by atoms with van der Waals surface area (Å²) in [5, 5.41) is 2.45. The van der Waals surface area contributed by atoms with Gasteiger partial charge in [0.15, 0.2) is 0 Å². The summed E-state index contributed by atoms with van der Waals surface area (Å²) in [6.07, 6.45) is 1.22. The summed E-state index contributed by atoms with van der Waals surface area (Å²) in [5.41, 5.74) is 0. The fourth-order valence-electron chi connectivity index (χ4n) is 0.671. The van der Waals surface area contributed by atoms with Gasteiger partial charge in [-0.2, -0.15) is 0 Å². The molecule has 1 unspecified atom stereocenters. The van der Waals surface area contributed by atoms with Crippen molar-refractivity contribution in [3.05, 3.63) is 12.7 Å². The van der Waals surface area contributed by atoms with Crippen molar-refractivity contribution < 1.29 is 19.1 Å². The van der Waals surface area contributed by atoms with Gasteiger partial charge in [0.1, 0.15) is 12.7 Å². The number of carbonyl (C=O) groups is 2. The number of carbonyl (C=O) groups excluding carboxylic acids is 2. The molecule has 0 aliphatic carbocycles. The van der Waals surface area contributed by atoms with Gasteiger partial charge in [-0.1, -0.05) is 13.5 Å². The van der Waals surface area contributed by atoms with E-state index in [4.69, 9.17) is 4.74 Å². The summed E-state index contributed by atoms with van der Waals surface area (Å²) >= 11 is 0. The Kier molecular flexibility index (Phi) is 7.05. The molecule has 0 radical (unpaired) electrons. The minimum Gasteiger partial charge on any atom is -0.461 e. The average Bonchev–Trinajstić information content (AvgIpc) is 2.23. The highest BCUT2D eigenvalue weighted by Gasteiger charge is 2.06. The molecule has 0 saturated heterocycles. The van der Waals surface area contributed by atoms with E-state index in [1.54, 1.807) is 6.92 Å². The first-order valence-electron chi connectivity index (χ1n) is 4.83. The van der Waals surface area contributed by atoms with Gasteiger partial charge in [0.05, 0.1) is 6.54 Å². The first kappa shape index (κ1) is 13.5. The molecule has 0 aliphatic rings. The lowest BCUT2D eigenvalue weighted by Crippen LogP contribution is -2.30. The smallest absolute Gasteiger partial charge is 0.407 e. The number of hydrogen-bond donors (Lipinski definition) is 1. The van der Waals surface area contributed by atoms with Crippen molar-refractivity contribution >= 4 is 12.1 Å². The summed E-state index contributed by atoms with van der Waals surface area (Å²) in [6, 6.07) is 0. The van der Waals surface area contributed by atoms with Gasteiger partial charge >= 0.3 is 12.1 Å². The Labute approximate surface area is 89.4 Å². The number of esters is 1. The maximum atomic E-state index is 11.0. The highest BCUT2D eigenvalue weighted by atomic mass is 16.6. The quantitative estimate of drug-likeness (QED) is 0.411. The molecule has 0 rings (SSSR count). The number of ether oxygens (including phenoxy) is 2. The molecule has 15 heavy (non-hydrogen) atoms. The molecule has 0 bridgehead atoms. The van der Waals surface area contributed by atoms with Gasteiger partial charge in [-0.25, -0.2) is 9.59 Å². The molecule has 0 saturated carbocycles. The Hall–Kier alpha value is -1.52. The molecule has 0 spiro atoms. The third kappa shape index (κ3) is 7.54. The monoisotopic (exact) mass is 215 g/mol. The molecule has 1 atom stereocenters. The molecule has 0 heterocycles. The van der Waals surface area contributed by atoms with E-state index in [0.29, 0.717) is 0 Å². The van der Waals surface area contributed by atoms with Crippen LogP contribution in [0.4, 0.5) is 4.79 Å². The zero-order valence-corrected chi connectivity index (χ0v) is 9.12. The van der Waals surface area contributed by atoms with E-state index in [9.17, 15) is 9.59 Å². The number of rotatable bonds is 6. The molecule has 0 aromatic rings. The lowest BCUT2D eigenvalue weighted by atomic mass is 10.3. The van der Waals surface area contributed by atoms with Crippen LogP contribution in [0.25, 0.3) is 0 Å². The largest absolute Gasteiger partial charge is 0.461 e. The minimum atomic E-state index is -0.507. The summed E-state index contributed by atoms with van der Waals surface area (Å²) in [4.78, 5) is 21.6. The van der Waals surface area contributed by atoms with Gasteiger partial charge in [0.2, 0.25) is 0 Å². The van der Waals surface area contributed by atoms with Crippen LogP contribution in [0.5, 0.6) is 0 Å². The number of hydrogen-bond acceptors (Lipinski definition) is 4. The normalized spacial score (nSPS) is 11.3. The fraction of sp³-hybridized carbons (Fsp3) is 0.600. The van der Waals surface area contributed by atoms with Gasteiger partial charge in [-0.05, 0) is 13.3 Å². The summed E-state index contributed by atoms with van der Waals surface area (Å²) in [5.74, 6) is -0.507. The maximum Gasteiger partial charge on any atom is 0.407 e. The van der Waals surface area contributed by atoms with Crippen molar-refractivity contribution in [2.45, 2.75) is 26.4 Å². The number of nitrogens with one attached hydrogen (secondary N) is 1. The predicted octanol–water partition coefficient (Wildman–Crippen LogP) is 1.24. The highest BCUT2D eigenvalue weighted by molar-refractivity contribution is 5.81. The molecular weight excluding hydrogens is 198 g/mol. The second-order valence-electron chi connectivity index (χ2n) is 2.92. The van der Waals surface area contributed by atoms with Crippen molar-refractivity contribution in [3.63, 3.8) is 0 Å². The van der Waals surface area contributed by atoms with Crippen molar-refractivity contribution in [1.82, 2.24) is 5.32 Å². The number of alkyl carbamates (subject to hydrolysis) is 1. The van der Waals surface area contributed by atoms with Gasteiger partial charge in [-0.15, -0.1) is 0 Å². The van der Waals surface area contributed by atoms with E-state index in [1.165, 1.54) is 0 Å². The van der Waals surface area contributed by atoms with Gasteiger partial charge < -0.3 is 14.8 Å². The van der Waals surface area contributed by atoms with E-state index in [2.05, 4.69) is 16.6 Å². The van der Waals surface area contributed by atoms with Crippen LogP contribution < -0.4 is 5.32 Å². The first-order chi connectivity index (χ1) is 7.10. The van der Waals surface area contributed by atoms with Gasteiger partial charge in [-0.3, -0.25) is 0 Å². The van der Waals surface area contributed by atoms with Crippen LogP contribution in [0.1, 0.15) is 20.3 Å². The van der Waals surface area contributed by atoms with Crippen molar-refractivity contribution in [3.8, 4) is 0 Å². The third-order valence-electron chi connectivity index (χ3n) is 1.67. The molecule has 0 aromatic heterocycles. The Balaban J connectivity index is 3.47. The lowest BCUT2D eigenvalue weighted by molar-refractivity contribution is -0.137. The van der Waals surface area contributed by atoms with Crippen molar-refractivity contribution in [2.24, 2.45) is 0 Å². The molecule has 5 heteroatoms. The zero-order chi connectivity index (χ0) is 11.7. The second kappa shape index (κ2) is 7.84.